The second-order valence-corrected chi connectivity index (χ2v) is 8.38. The van der Waals surface area contributed by atoms with E-state index in [1.165, 1.54) is 19.2 Å². The minimum absolute atomic E-state index is 0.00949. The molecule has 1 aliphatic rings. The standard InChI is InChI=1S/C22H23N3O5S/c1-3-30-19-12-17(25(27)28)15(11-18(19)29-2)22(26)24-10-6-7-14(13-24)21-23-16-8-4-5-9-20(16)31-21/h4-5,8-9,11-12,14H,3,6-7,10,13H2,1-2H3/t14-/m1/s1. The third kappa shape index (κ3) is 4.18. The summed E-state index contributed by atoms with van der Waals surface area (Å²) >= 11 is 1.64. The number of nitro groups is 1. The largest absolute Gasteiger partial charge is 0.493 e. The summed E-state index contributed by atoms with van der Waals surface area (Å²) in [6.45, 7) is 3.13. The van der Waals surface area contributed by atoms with Crippen molar-refractivity contribution in [2.45, 2.75) is 25.7 Å². The highest BCUT2D eigenvalue weighted by atomic mass is 32.1. The molecule has 0 N–H and O–H groups in total. The Balaban J connectivity index is 1.63. The zero-order chi connectivity index (χ0) is 22.0. The number of fused-ring (bicyclic) bond motifs is 1. The van der Waals surface area contributed by atoms with E-state index in [-0.39, 0.29) is 28.8 Å². The predicted molar refractivity (Wildman–Crippen MR) is 118 cm³/mol. The highest BCUT2D eigenvalue weighted by molar-refractivity contribution is 7.18. The monoisotopic (exact) mass is 441 g/mol. The van der Waals surface area contributed by atoms with Crippen molar-refractivity contribution in [3.8, 4) is 11.5 Å². The fourth-order valence-corrected chi connectivity index (χ4v) is 4.99. The van der Waals surface area contributed by atoms with E-state index < -0.39 is 4.92 Å². The molecule has 1 fully saturated rings. The summed E-state index contributed by atoms with van der Waals surface area (Å²) in [5.74, 6) is 0.285. The molecule has 1 aromatic heterocycles. The molecule has 0 saturated carbocycles. The number of amides is 1. The van der Waals surface area contributed by atoms with Crippen LogP contribution in [0.2, 0.25) is 0 Å². The first-order valence-electron chi connectivity index (χ1n) is 10.2. The van der Waals surface area contributed by atoms with Crippen molar-refractivity contribution in [1.82, 2.24) is 9.88 Å². The highest BCUT2D eigenvalue weighted by Crippen LogP contribution is 2.37. The lowest BCUT2D eigenvalue weighted by atomic mass is 9.97. The van der Waals surface area contributed by atoms with E-state index in [4.69, 9.17) is 14.5 Å². The molecule has 0 unspecified atom stereocenters. The summed E-state index contributed by atoms with van der Waals surface area (Å²) in [5, 5.41) is 12.7. The number of hydrogen-bond acceptors (Lipinski definition) is 7. The van der Waals surface area contributed by atoms with Crippen molar-refractivity contribution < 1.29 is 19.2 Å². The Hall–Kier alpha value is -3.20. The van der Waals surface area contributed by atoms with Gasteiger partial charge in [0.2, 0.25) is 0 Å². The van der Waals surface area contributed by atoms with Gasteiger partial charge in [-0.3, -0.25) is 14.9 Å². The molecular weight excluding hydrogens is 418 g/mol. The van der Waals surface area contributed by atoms with E-state index in [1.54, 1.807) is 23.2 Å². The van der Waals surface area contributed by atoms with E-state index >= 15 is 0 Å². The smallest absolute Gasteiger partial charge is 0.286 e. The molecule has 1 amide bonds. The number of benzene rings is 2. The van der Waals surface area contributed by atoms with Crippen LogP contribution in [0, 0.1) is 10.1 Å². The molecule has 0 aliphatic carbocycles. The third-order valence-corrected chi connectivity index (χ3v) is 6.58. The Morgan fingerprint density at radius 2 is 2.13 bits per heavy atom. The summed E-state index contributed by atoms with van der Waals surface area (Å²) in [6.07, 6.45) is 1.74. The van der Waals surface area contributed by atoms with Crippen LogP contribution in [0.3, 0.4) is 0 Å². The van der Waals surface area contributed by atoms with Crippen molar-refractivity contribution in [3.63, 3.8) is 0 Å². The van der Waals surface area contributed by atoms with Gasteiger partial charge in [0.15, 0.2) is 11.5 Å². The summed E-state index contributed by atoms with van der Waals surface area (Å²) in [6, 6.07) is 10.6. The summed E-state index contributed by atoms with van der Waals surface area (Å²) < 4.78 is 11.9. The van der Waals surface area contributed by atoms with Crippen LogP contribution in [-0.4, -0.2) is 47.5 Å². The van der Waals surface area contributed by atoms with Crippen molar-refractivity contribution in [1.29, 1.82) is 0 Å². The Bertz CT molecular complexity index is 1100. The Labute approximate surface area is 183 Å². The van der Waals surface area contributed by atoms with Crippen molar-refractivity contribution in [2.75, 3.05) is 26.8 Å². The Morgan fingerprint density at radius 1 is 1.32 bits per heavy atom. The average molecular weight is 442 g/mol. The van der Waals surface area contributed by atoms with Crippen LogP contribution in [0.4, 0.5) is 5.69 Å². The number of hydrogen-bond donors (Lipinski definition) is 0. The number of nitrogens with zero attached hydrogens (tertiary/aromatic N) is 3. The van der Waals surface area contributed by atoms with Gasteiger partial charge in [0.1, 0.15) is 5.56 Å². The number of nitro benzene ring substituents is 1. The Morgan fingerprint density at radius 3 is 2.84 bits per heavy atom. The van der Waals surface area contributed by atoms with Gasteiger partial charge >= 0.3 is 0 Å². The number of piperidine rings is 1. The molecule has 2 aromatic carbocycles. The number of para-hydroxylation sites is 1. The summed E-state index contributed by atoms with van der Waals surface area (Å²) in [7, 11) is 1.45. The maximum atomic E-state index is 13.3. The zero-order valence-corrected chi connectivity index (χ0v) is 18.2. The molecule has 9 heteroatoms. The summed E-state index contributed by atoms with van der Waals surface area (Å²) in [4.78, 5) is 30.9. The van der Waals surface area contributed by atoms with Gasteiger partial charge in [-0.2, -0.15) is 0 Å². The van der Waals surface area contributed by atoms with Crippen LogP contribution in [0.25, 0.3) is 10.2 Å². The molecule has 0 bridgehead atoms. The minimum atomic E-state index is -0.551. The number of likely N-dealkylation sites (tertiary alicyclic amines) is 1. The normalized spacial score (nSPS) is 16.3. The number of carbonyl (C=O) groups is 1. The first-order chi connectivity index (χ1) is 15.0. The fourth-order valence-electron chi connectivity index (χ4n) is 3.90. The second kappa shape index (κ2) is 8.89. The molecule has 1 saturated heterocycles. The van der Waals surface area contributed by atoms with E-state index in [0.29, 0.717) is 25.4 Å². The predicted octanol–water partition coefficient (Wildman–Crippen LogP) is 4.63. The second-order valence-electron chi connectivity index (χ2n) is 7.32. The van der Waals surface area contributed by atoms with E-state index in [1.807, 2.05) is 24.3 Å². The van der Waals surface area contributed by atoms with Gasteiger partial charge < -0.3 is 14.4 Å². The molecule has 3 aromatic rings. The SMILES string of the molecule is CCOc1cc([N+](=O)[O-])c(C(=O)N2CCC[C@@H](c3nc4ccccc4s3)C2)cc1OC. The number of carbonyl (C=O) groups excluding carboxylic acids is 1. The molecule has 8 nitrogen and oxygen atoms in total. The first-order valence-corrected chi connectivity index (χ1v) is 11.0. The van der Waals surface area contributed by atoms with Crippen molar-refractivity contribution in [2.24, 2.45) is 0 Å². The van der Waals surface area contributed by atoms with Crippen LogP contribution in [0.5, 0.6) is 11.5 Å². The van der Waals surface area contributed by atoms with Crippen LogP contribution >= 0.6 is 11.3 Å². The van der Waals surface area contributed by atoms with Gasteiger partial charge in [-0.1, -0.05) is 12.1 Å². The molecule has 4 rings (SSSR count). The topological polar surface area (TPSA) is 94.8 Å². The van der Waals surface area contributed by atoms with Gasteiger partial charge in [-0.25, -0.2) is 4.98 Å². The van der Waals surface area contributed by atoms with Gasteiger partial charge in [-0.15, -0.1) is 11.3 Å². The molecule has 2 heterocycles. The molecule has 1 atom stereocenters. The van der Waals surface area contributed by atoms with E-state index in [9.17, 15) is 14.9 Å². The Kier molecular flexibility index (Phi) is 6.03. The van der Waals surface area contributed by atoms with Gasteiger partial charge in [0.05, 0.1) is 39.9 Å². The number of ether oxygens (including phenoxy) is 2. The van der Waals surface area contributed by atoms with E-state index in [0.717, 1.165) is 28.1 Å². The minimum Gasteiger partial charge on any atom is -0.493 e. The molecular formula is C22H23N3O5S. The van der Waals surface area contributed by atoms with Crippen LogP contribution < -0.4 is 9.47 Å². The van der Waals surface area contributed by atoms with Gasteiger partial charge in [-0.05, 0) is 31.9 Å². The lowest BCUT2D eigenvalue weighted by Crippen LogP contribution is -2.39. The molecule has 0 radical (unpaired) electrons. The lowest BCUT2D eigenvalue weighted by Gasteiger charge is -2.32. The quantitative estimate of drug-likeness (QED) is 0.409. The number of methoxy groups -OCH3 is 1. The van der Waals surface area contributed by atoms with Crippen molar-refractivity contribution in [3.05, 3.63) is 57.1 Å². The molecule has 31 heavy (non-hydrogen) atoms. The first kappa shape index (κ1) is 21.0. The van der Waals surface area contributed by atoms with E-state index in [2.05, 4.69) is 0 Å². The zero-order valence-electron chi connectivity index (χ0n) is 17.4. The highest BCUT2D eigenvalue weighted by Gasteiger charge is 2.32. The molecule has 162 valence electrons. The average Bonchev–Trinajstić information content (AvgIpc) is 3.23. The third-order valence-electron chi connectivity index (χ3n) is 5.38. The van der Waals surface area contributed by atoms with Gasteiger partial charge in [0.25, 0.3) is 11.6 Å². The molecule has 0 spiro atoms. The fraction of sp³-hybridized carbons (Fsp3) is 0.364. The van der Waals surface area contributed by atoms with Crippen LogP contribution in [0.1, 0.15) is 41.0 Å². The molecule has 1 aliphatic heterocycles. The van der Waals surface area contributed by atoms with Crippen molar-refractivity contribution >= 4 is 33.1 Å². The van der Waals surface area contributed by atoms with Gasteiger partial charge in [0, 0.05) is 25.1 Å². The summed E-state index contributed by atoms with van der Waals surface area (Å²) in [5.41, 5.74) is 0.685. The maximum absolute atomic E-state index is 13.3. The lowest BCUT2D eigenvalue weighted by molar-refractivity contribution is -0.385. The number of rotatable bonds is 6. The number of thiazole rings is 1. The van der Waals surface area contributed by atoms with Crippen LogP contribution in [0.15, 0.2) is 36.4 Å². The maximum Gasteiger partial charge on any atom is 0.286 e. The van der Waals surface area contributed by atoms with Crippen LogP contribution in [-0.2, 0) is 0 Å². The number of aromatic nitrogens is 1.